The minimum atomic E-state index is -0.151. The van der Waals surface area contributed by atoms with Crippen LogP contribution < -0.4 is 9.80 Å². The van der Waals surface area contributed by atoms with Gasteiger partial charge in [0.25, 0.3) is 0 Å². The fraction of sp³-hybridized carbons (Fsp3) is 0.210. The fourth-order valence-corrected chi connectivity index (χ4v) is 14.5. The van der Waals surface area contributed by atoms with Crippen molar-refractivity contribution in [3.8, 4) is 33.4 Å². The number of benzene rings is 10. The van der Waals surface area contributed by atoms with Gasteiger partial charge >= 0.3 is 0 Å². The highest BCUT2D eigenvalue weighted by molar-refractivity contribution is 5.90. The van der Waals surface area contributed by atoms with Crippen molar-refractivity contribution in [2.75, 3.05) is 9.80 Å². The van der Waals surface area contributed by atoms with Gasteiger partial charge in [0.2, 0.25) is 0 Å². The molecule has 3 aliphatic rings. The monoisotopic (exact) mass is 1080 g/mol. The van der Waals surface area contributed by atoms with Crippen LogP contribution in [0.5, 0.6) is 0 Å². The summed E-state index contributed by atoms with van der Waals surface area (Å²) in [5.74, 6) is 0. The zero-order valence-electron chi connectivity index (χ0n) is 50.2. The molecule has 0 heterocycles. The van der Waals surface area contributed by atoms with Crippen molar-refractivity contribution in [1.82, 2.24) is 0 Å². The number of fused-ring (bicyclic) bond motifs is 9. The van der Waals surface area contributed by atoms with E-state index in [0.717, 1.165) is 25.7 Å². The van der Waals surface area contributed by atoms with E-state index in [9.17, 15) is 0 Å². The summed E-state index contributed by atoms with van der Waals surface area (Å²) < 4.78 is 0. The SMILES string of the molecule is CCC1(CC)c2cc(C=Cc3ccc4c(c3)C(C)(C)c3cc(C=Cc5ccc6c(c5)C(CC)(CC)c5cc(N(c7ccc(C)cc7)c7ccc(C)cc7)ccc5-6)ccc3-4)ccc2-c2ccc(N(c3ccc(C)cc3)c3ccc(C)cc3)cc21. The number of rotatable bonds is 14. The van der Waals surface area contributed by atoms with Crippen LogP contribution in [0.15, 0.2) is 206 Å². The second kappa shape index (κ2) is 20.9. The van der Waals surface area contributed by atoms with E-state index in [0.29, 0.717) is 0 Å². The second-order valence-electron chi connectivity index (χ2n) is 24.6. The van der Waals surface area contributed by atoms with Gasteiger partial charge in [-0.05, 0) is 215 Å². The van der Waals surface area contributed by atoms with Crippen molar-refractivity contribution in [3.63, 3.8) is 0 Å². The normalized spacial score (nSPS) is 14.5. The first-order valence-electron chi connectivity index (χ1n) is 30.4. The van der Waals surface area contributed by atoms with Crippen molar-refractivity contribution in [2.24, 2.45) is 0 Å². The fourth-order valence-electron chi connectivity index (χ4n) is 14.5. The average Bonchev–Trinajstić information content (AvgIpc) is 1.88. The largest absolute Gasteiger partial charge is 0.310 e. The Labute approximate surface area is 494 Å². The first-order valence-corrected chi connectivity index (χ1v) is 30.4. The zero-order valence-corrected chi connectivity index (χ0v) is 50.2. The summed E-state index contributed by atoms with van der Waals surface area (Å²) in [5.41, 5.74) is 33.3. The first-order chi connectivity index (χ1) is 40.2. The minimum Gasteiger partial charge on any atom is -0.310 e. The molecule has 3 aliphatic carbocycles. The molecule has 2 heteroatoms. The molecule has 83 heavy (non-hydrogen) atoms. The van der Waals surface area contributed by atoms with Crippen LogP contribution in [-0.2, 0) is 16.2 Å². The Morgan fingerprint density at radius 1 is 0.265 bits per heavy atom. The Kier molecular flexibility index (Phi) is 13.5. The quantitative estimate of drug-likeness (QED) is 0.100. The number of anilines is 6. The van der Waals surface area contributed by atoms with Crippen molar-refractivity contribution in [1.29, 1.82) is 0 Å². The van der Waals surface area contributed by atoms with E-state index < -0.39 is 0 Å². The van der Waals surface area contributed by atoms with Crippen LogP contribution in [0.3, 0.4) is 0 Å². The van der Waals surface area contributed by atoms with Gasteiger partial charge < -0.3 is 9.80 Å². The lowest BCUT2D eigenvalue weighted by Crippen LogP contribution is -2.23. The maximum absolute atomic E-state index is 2.49. The summed E-state index contributed by atoms with van der Waals surface area (Å²) in [6.45, 7) is 22.9. The molecule has 0 spiro atoms. The maximum atomic E-state index is 2.49. The lowest BCUT2D eigenvalue weighted by atomic mass is 9.73. The molecule has 0 aromatic heterocycles. The summed E-state index contributed by atoms with van der Waals surface area (Å²) in [5, 5.41) is 0. The number of hydrogen-bond acceptors (Lipinski definition) is 2. The van der Waals surface area contributed by atoms with Crippen molar-refractivity contribution < 1.29 is 0 Å². The van der Waals surface area contributed by atoms with E-state index in [4.69, 9.17) is 0 Å². The Bertz CT molecular complexity index is 3810. The average molecular weight is 1080 g/mol. The van der Waals surface area contributed by atoms with E-state index in [1.807, 2.05) is 0 Å². The topological polar surface area (TPSA) is 6.48 Å². The van der Waals surface area contributed by atoms with E-state index in [1.54, 1.807) is 0 Å². The molecule has 0 radical (unpaired) electrons. The van der Waals surface area contributed by atoms with Crippen LogP contribution in [0.4, 0.5) is 34.1 Å². The third-order valence-corrected chi connectivity index (χ3v) is 19.5. The molecule has 0 fully saturated rings. The van der Waals surface area contributed by atoms with Crippen LogP contribution in [0.25, 0.3) is 57.7 Å². The third kappa shape index (κ3) is 9.01. The number of aryl methyl sites for hydroxylation is 4. The van der Waals surface area contributed by atoms with E-state index in [2.05, 4.69) is 310 Å². The van der Waals surface area contributed by atoms with E-state index in [-0.39, 0.29) is 16.2 Å². The molecule has 0 N–H and O–H groups in total. The first kappa shape index (κ1) is 53.6. The maximum Gasteiger partial charge on any atom is 0.0465 e. The molecule has 0 saturated carbocycles. The van der Waals surface area contributed by atoms with Crippen molar-refractivity contribution in [3.05, 3.63) is 284 Å². The third-order valence-electron chi connectivity index (χ3n) is 19.5. The second-order valence-corrected chi connectivity index (χ2v) is 24.6. The van der Waals surface area contributed by atoms with E-state index in [1.165, 1.54) is 145 Å². The number of nitrogens with zero attached hydrogens (tertiary/aromatic N) is 2. The molecule has 0 unspecified atom stereocenters. The van der Waals surface area contributed by atoms with Crippen molar-refractivity contribution in [2.45, 2.75) is 111 Å². The molecule has 0 atom stereocenters. The van der Waals surface area contributed by atoms with Gasteiger partial charge in [-0.1, -0.05) is 222 Å². The lowest BCUT2D eigenvalue weighted by molar-refractivity contribution is 0.490. The Morgan fingerprint density at radius 3 is 0.747 bits per heavy atom. The highest BCUT2D eigenvalue weighted by atomic mass is 15.1. The van der Waals surface area contributed by atoms with Crippen molar-refractivity contribution >= 4 is 58.4 Å². The van der Waals surface area contributed by atoms with Crippen LogP contribution >= 0.6 is 0 Å². The Hall–Kier alpha value is -8.72. The van der Waals surface area contributed by atoms with Gasteiger partial charge in [-0.25, -0.2) is 0 Å². The molecule has 10 aromatic carbocycles. The van der Waals surface area contributed by atoms with Crippen LogP contribution in [0.2, 0.25) is 0 Å². The van der Waals surface area contributed by atoms with Gasteiger partial charge in [0.1, 0.15) is 0 Å². The zero-order chi connectivity index (χ0) is 57.4. The van der Waals surface area contributed by atoms with Gasteiger partial charge in [0.15, 0.2) is 0 Å². The summed E-state index contributed by atoms with van der Waals surface area (Å²) in [7, 11) is 0. The molecule has 410 valence electrons. The molecule has 0 amide bonds. The highest BCUT2D eigenvalue weighted by Gasteiger charge is 2.43. The van der Waals surface area contributed by atoms with Gasteiger partial charge in [-0.15, -0.1) is 0 Å². The standard InChI is InChI=1S/C81H76N2/c1-11-80(12-2)75-49-59(29-43-69(75)71-45-39-65(51-77(71)80)82(61-31-15-53(5)16-32-61)62-33-17-54(6)18-34-62)25-23-57-27-41-67-68-42-28-58(48-74(68)79(9,10)73(67)47-57)24-26-60-30-44-70-72-46-40-66(52-78(72)81(13-3,14-4)76(70)50-60)83(63-35-19-55(7)20-36-63)64-37-21-56(8)22-38-64/h15-52H,11-14H2,1-10H3. The number of hydrogen-bond donors (Lipinski definition) is 0. The molecule has 2 nitrogen and oxygen atoms in total. The lowest BCUT2D eigenvalue weighted by Gasteiger charge is -2.32. The van der Waals surface area contributed by atoms with Gasteiger partial charge in [0, 0.05) is 50.4 Å². The Morgan fingerprint density at radius 2 is 0.482 bits per heavy atom. The molecule has 10 aromatic rings. The molecule has 0 bridgehead atoms. The predicted molar refractivity (Wildman–Crippen MR) is 357 cm³/mol. The summed E-state index contributed by atoms with van der Waals surface area (Å²) in [4.78, 5) is 4.83. The molecular weight excluding hydrogens is 1000 g/mol. The highest BCUT2D eigenvalue weighted by Crippen LogP contribution is 2.57. The predicted octanol–water partition coefficient (Wildman–Crippen LogP) is 22.7. The summed E-state index contributed by atoms with van der Waals surface area (Å²) in [6, 6.07) is 78.6. The molecular formula is C81H76N2. The van der Waals surface area contributed by atoms with Gasteiger partial charge in [-0.3, -0.25) is 0 Å². The van der Waals surface area contributed by atoms with Crippen LogP contribution in [0.1, 0.15) is 145 Å². The Balaban J connectivity index is 0.752. The van der Waals surface area contributed by atoms with Crippen LogP contribution in [0, 0.1) is 27.7 Å². The van der Waals surface area contributed by atoms with E-state index >= 15 is 0 Å². The van der Waals surface area contributed by atoms with Crippen LogP contribution in [-0.4, -0.2) is 0 Å². The molecule has 0 aliphatic heterocycles. The molecule has 13 rings (SSSR count). The summed E-state index contributed by atoms with van der Waals surface area (Å²) in [6.07, 6.45) is 13.4. The van der Waals surface area contributed by atoms with Gasteiger partial charge in [-0.2, -0.15) is 0 Å². The molecule has 0 saturated heterocycles. The minimum absolute atomic E-state index is 0.0860. The summed E-state index contributed by atoms with van der Waals surface area (Å²) >= 11 is 0. The smallest absolute Gasteiger partial charge is 0.0465 e. The van der Waals surface area contributed by atoms with Gasteiger partial charge in [0.05, 0.1) is 0 Å².